The number of carbonyl (C=O) groups is 2. The van der Waals surface area contributed by atoms with Crippen LogP contribution < -0.4 is 0 Å². The number of rotatable bonds is 2. The lowest BCUT2D eigenvalue weighted by atomic mass is 10.0. The highest BCUT2D eigenvalue weighted by Gasteiger charge is 2.73. The minimum Gasteiger partial charge on any atom is -0.352 e. The zero-order chi connectivity index (χ0) is 22.7. The first-order valence-corrected chi connectivity index (χ1v) is 11.6. The summed E-state index contributed by atoms with van der Waals surface area (Å²) in [6.45, 7) is 5.69. The van der Waals surface area contributed by atoms with Crippen molar-refractivity contribution in [3.63, 3.8) is 0 Å². The molecular formula is C27H28N2O4. The van der Waals surface area contributed by atoms with E-state index in [2.05, 4.69) is 13.8 Å². The zero-order valence-corrected chi connectivity index (χ0v) is 18.8. The van der Waals surface area contributed by atoms with E-state index in [9.17, 15) is 9.59 Å². The molecule has 6 nitrogen and oxygen atoms in total. The number of carbonyl (C=O) groups excluding carboxylic acids is 2. The van der Waals surface area contributed by atoms with Crippen molar-refractivity contribution in [2.45, 2.75) is 38.4 Å². The molecule has 2 aromatic carbocycles. The molecule has 3 saturated heterocycles. The summed E-state index contributed by atoms with van der Waals surface area (Å²) in [5, 5.41) is 0. The van der Waals surface area contributed by atoms with Crippen molar-refractivity contribution >= 4 is 11.8 Å². The Morgan fingerprint density at radius 2 is 1.39 bits per heavy atom. The molecule has 0 bridgehead atoms. The molecule has 1 saturated carbocycles. The zero-order valence-electron chi connectivity index (χ0n) is 18.8. The van der Waals surface area contributed by atoms with Crippen LogP contribution in [0.25, 0.3) is 0 Å². The Bertz CT molecular complexity index is 1100. The van der Waals surface area contributed by atoms with Crippen LogP contribution in [0.5, 0.6) is 0 Å². The van der Waals surface area contributed by atoms with Gasteiger partial charge in [-0.05, 0) is 11.3 Å². The van der Waals surface area contributed by atoms with E-state index in [0.29, 0.717) is 31.1 Å². The Morgan fingerprint density at radius 1 is 0.818 bits per heavy atom. The van der Waals surface area contributed by atoms with Gasteiger partial charge in [-0.25, -0.2) is 0 Å². The van der Waals surface area contributed by atoms with E-state index in [-0.39, 0.29) is 35.7 Å². The Balaban J connectivity index is 0.000000127. The van der Waals surface area contributed by atoms with Gasteiger partial charge in [0.25, 0.3) is 0 Å². The van der Waals surface area contributed by atoms with Gasteiger partial charge >= 0.3 is 0 Å². The number of piperidine rings is 1. The van der Waals surface area contributed by atoms with Gasteiger partial charge < -0.3 is 19.3 Å². The molecule has 2 aromatic rings. The van der Waals surface area contributed by atoms with Crippen LogP contribution >= 0.6 is 0 Å². The third-order valence-corrected chi connectivity index (χ3v) is 7.80. The summed E-state index contributed by atoms with van der Waals surface area (Å²) in [6.07, 6.45) is 3.17. The van der Waals surface area contributed by atoms with Gasteiger partial charge in [0, 0.05) is 23.1 Å². The Morgan fingerprint density at radius 3 is 2.03 bits per heavy atom. The number of ether oxygens (including phenoxy) is 2. The molecule has 170 valence electrons. The minimum atomic E-state index is -0.210. The first kappa shape index (κ1) is 20.6. The van der Waals surface area contributed by atoms with Crippen LogP contribution in [0.15, 0.2) is 72.8 Å². The standard InChI is InChI=1S/C15H17NO2.C12H11NO2/c1-15(2)11-10-8-18-14(9-6-4-3-5-7-9)16(10)13(17)12(11)15;14-11-7-6-10-8-15-12(13(10)11)9-4-2-1-3-5-9/h3-7,10-12,14H,8H2,1-2H3;1-7,10,12H,8H2/t10?,11-,12-,14-;10?,12-/m11/s1. The predicted molar refractivity (Wildman–Crippen MR) is 121 cm³/mol. The summed E-state index contributed by atoms with van der Waals surface area (Å²) >= 11 is 0. The van der Waals surface area contributed by atoms with Crippen LogP contribution in [-0.2, 0) is 19.1 Å². The van der Waals surface area contributed by atoms with Crippen LogP contribution in [0, 0.1) is 17.3 Å². The molecule has 33 heavy (non-hydrogen) atoms. The average molecular weight is 445 g/mol. The second-order valence-corrected chi connectivity index (χ2v) is 10.0. The second-order valence-electron chi connectivity index (χ2n) is 10.0. The molecule has 4 heterocycles. The summed E-state index contributed by atoms with van der Waals surface area (Å²) in [5.41, 5.74) is 2.32. The molecule has 4 fully saturated rings. The molecular weight excluding hydrogens is 416 g/mol. The quantitative estimate of drug-likeness (QED) is 0.709. The number of hydrogen-bond donors (Lipinski definition) is 0. The number of fused-ring (bicyclic) bond motifs is 4. The second kappa shape index (κ2) is 7.54. The topological polar surface area (TPSA) is 59.1 Å². The van der Waals surface area contributed by atoms with Gasteiger partial charge in [-0.15, -0.1) is 0 Å². The number of amides is 2. The molecule has 6 atom stereocenters. The van der Waals surface area contributed by atoms with Crippen LogP contribution in [-0.4, -0.2) is 46.9 Å². The molecule has 2 amide bonds. The maximum atomic E-state index is 12.5. The van der Waals surface area contributed by atoms with E-state index in [1.165, 1.54) is 0 Å². The summed E-state index contributed by atoms with van der Waals surface area (Å²) in [5.74, 6) is 1.07. The van der Waals surface area contributed by atoms with E-state index in [0.717, 1.165) is 11.1 Å². The van der Waals surface area contributed by atoms with Crippen molar-refractivity contribution in [1.82, 2.24) is 9.80 Å². The number of nitrogens with zero attached hydrogens (tertiary/aromatic N) is 2. The molecule has 7 rings (SSSR count). The number of benzene rings is 2. The average Bonchev–Trinajstić information content (AvgIpc) is 3.38. The fourth-order valence-electron chi connectivity index (χ4n) is 6.09. The van der Waals surface area contributed by atoms with Gasteiger partial charge in [0.2, 0.25) is 11.8 Å². The summed E-state index contributed by atoms with van der Waals surface area (Å²) in [4.78, 5) is 27.8. The van der Waals surface area contributed by atoms with Crippen LogP contribution in [0.2, 0.25) is 0 Å². The highest BCUT2D eigenvalue weighted by Crippen LogP contribution is 2.67. The molecule has 0 aromatic heterocycles. The van der Waals surface area contributed by atoms with Gasteiger partial charge in [0.05, 0.1) is 25.3 Å². The lowest BCUT2D eigenvalue weighted by molar-refractivity contribution is -0.138. The minimum absolute atomic E-state index is 0.0475. The summed E-state index contributed by atoms with van der Waals surface area (Å²) in [6, 6.07) is 20.3. The molecule has 0 spiro atoms. The van der Waals surface area contributed by atoms with Crippen LogP contribution in [0.1, 0.15) is 37.4 Å². The first-order chi connectivity index (χ1) is 16.0. The van der Waals surface area contributed by atoms with Crippen molar-refractivity contribution in [2.24, 2.45) is 17.3 Å². The Hall–Kier alpha value is -2.96. The van der Waals surface area contributed by atoms with E-state index in [1.54, 1.807) is 11.0 Å². The van der Waals surface area contributed by atoms with Gasteiger partial charge in [-0.3, -0.25) is 9.59 Å². The maximum absolute atomic E-state index is 12.5. The van der Waals surface area contributed by atoms with Crippen molar-refractivity contribution < 1.29 is 19.1 Å². The Labute approximate surface area is 193 Å². The lowest BCUT2D eigenvalue weighted by Gasteiger charge is -2.27. The fourth-order valence-corrected chi connectivity index (χ4v) is 6.09. The monoisotopic (exact) mass is 444 g/mol. The third kappa shape index (κ3) is 3.15. The van der Waals surface area contributed by atoms with Crippen molar-refractivity contribution in [2.75, 3.05) is 13.2 Å². The normalized spacial score (nSPS) is 34.6. The molecule has 0 N–H and O–H groups in total. The van der Waals surface area contributed by atoms with Crippen LogP contribution in [0.3, 0.4) is 0 Å². The van der Waals surface area contributed by atoms with E-state index in [1.807, 2.05) is 71.6 Å². The van der Waals surface area contributed by atoms with Gasteiger partial charge in [0.15, 0.2) is 12.5 Å². The van der Waals surface area contributed by atoms with E-state index in [4.69, 9.17) is 9.47 Å². The van der Waals surface area contributed by atoms with Gasteiger partial charge in [0.1, 0.15) is 0 Å². The van der Waals surface area contributed by atoms with Crippen molar-refractivity contribution in [3.05, 3.63) is 83.9 Å². The van der Waals surface area contributed by atoms with Gasteiger partial charge in [-0.2, -0.15) is 0 Å². The summed E-state index contributed by atoms with van der Waals surface area (Å²) in [7, 11) is 0. The molecule has 1 aliphatic carbocycles. The first-order valence-electron chi connectivity index (χ1n) is 11.6. The third-order valence-electron chi connectivity index (χ3n) is 7.80. The SMILES string of the molecule is CC1(C)[C@@H]2C3CO[C@H](c4ccccc4)N3C(=O)[C@@H]21.O=C1C=CC2CO[C@H](c3ccccc3)N12. The lowest BCUT2D eigenvalue weighted by Crippen LogP contribution is -2.37. The van der Waals surface area contributed by atoms with Crippen molar-refractivity contribution in [1.29, 1.82) is 0 Å². The van der Waals surface area contributed by atoms with E-state index < -0.39 is 0 Å². The highest BCUT2D eigenvalue weighted by atomic mass is 16.5. The molecule has 5 aliphatic rings. The summed E-state index contributed by atoms with van der Waals surface area (Å²) < 4.78 is 11.5. The molecule has 6 heteroatoms. The van der Waals surface area contributed by atoms with Crippen molar-refractivity contribution in [3.8, 4) is 0 Å². The maximum Gasteiger partial charge on any atom is 0.249 e. The van der Waals surface area contributed by atoms with Crippen LogP contribution in [0.4, 0.5) is 0 Å². The van der Waals surface area contributed by atoms with Gasteiger partial charge in [-0.1, -0.05) is 80.6 Å². The highest BCUT2D eigenvalue weighted by molar-refractivity contribution is 5.91. The fraction of sp³-hybridized carbons (Fsp3) is 0.407. The molecule has 0 radical (unpaired) electrons. The smallest absolute Gasteiger partial charge is 0.249 e. The molecule has 2 unspecified atom stereocenters. The molecule has 4 aliphatic heterocycles. The number of hydrogen-bond acceptors (Lipinski definition) is 4. The predicted octanol–water partition coefficient (Wildman–Crippen LogP) is 3.68. The largest absolute Gasteiger partial charge is 0.352 e. The van der Waals surface area contributed by atoms with E-state index >= 15 is 0 Å². The Kier molecular flexibility index (Phi) is 4.71.